The molecule has 3 rings (SSSR count). The van der Waals surface area contributed by atoms with Crippen LogP contribution in [0.15, 0.2) is 54.6 Å². The van der Waals surface area contributed by atoms with Crippen molar-refractivity contribution in [3.8, 4) is 0 Å². The van der Waals surface area contributed by atoms with Crippen LogP contribution in [0.3, 0.4) is 0 Å². The van der Waals surface area contributed by atoms with E-state index in [-0.39, 0.29) is 5.78 Å². The van der Waals surface area contributed by atoms with Crippen molar-refractivity contribution in [1.82, 2.24) is 4.90 Å². The maximum Gasteiger partial charge on any atom is 0.176 e. The molecule has 1 saturated heterocycles. The molecule has 2 aromatic rings. The van der Waals surface area contributed by atoms with Crippen molar-refractivity contribution in [3.05, 3.63) is 69.3 Å². The van der Waals surface area contributed by atoms with Crippen LogP contribution in [0, 0.1) is 3.57 Å². The molecule has 1 aliphatic rings. The van der Waals surface area contributed by atoms with Crippen LogP contribution in [0.1, 0.15) is 28.3 Å². The molecule has 0 aromatic heterocycles. The molecule has 108 valence electrons. The van der Waals surface area contributed by atoms with Crippen LogP contribution in [0.2, 0.25) is 0 Å². The van der Waals surface area contributed by atoms with Crippen LogP contribution >= 0.6 is 22.6 Å². The Labute approximate surface area is 139 Å². The molecular weight excluding hydrogens is 373 g/mol. The molecule has 1 aliphatic heterocycles. The van der Waals surface area contributed by atoms with E-state index in [9.17, 15) is 4.79 Å². The summed E-state index contributed by atoms with van der Waals surface area (Å²) in [5, 5.41) is 0. The van der Waals surface area contributed by atoms with Gasteiger partial charge in [-0.25, -0.2) is 0 Å². The van der Waals surface area contributed by atoms with Gasteiger partial charge in [-0.2, -0.15) is 0 Å². The lowest BCUT2D eigenvalue weighted by molar-refractivity contribution is 0.0944. The monoisotopic (exact) mass is 391 g/mol. The lowest BCUT2D eigenvalue weighted by atomic mass is 9.99. The molecule has 2 nitrogen and oxygen atoms in total. The fourth-order valence-electron chi connectivity index (χ4n) is 2.90. The van der Waals surface area contributed by atoms with Gasteiger partial charge in [-0.1, -0.05) is 42.5 Å². The number of carbonyl (C=O) groups is 1. The second-order valence-electron chi connectivity index (χ2n) is 5.56. The average Bonchev–Trinajstić information content (AvgIpc) is 2.97. The van der Waals surface area contributed by atoms with Crippen molar-refractivity contribution in [2.45, 2.75) is 12.3 Å². The Morgan fingerprint density at radius 3 is 2.52 bits per heavy atom. The van der Waals surface area contributed by atoms with Gasteiger partial charge in [-0.15, -0.1) is 0 Å². The molecule has 2 aromatic carbocycles. The highest BCUT2D eigenvalue weighted by atomic mass is 127. The first kappa shape index (κ1) is 14.7. The third kappa shape index (κ3) is 3.71. The first-order valence-corrected chi connectivity index (χ1v) is 8.36. The molecule has 0 saturated carbocycles. The summed E-state index contributed by atoms with van der Waals surface area (Å²) in [6, 6.07) is 18.4. The van der Waals surface area contributed by atoms with Crippen LogP contribution in [0.4, 0.5) is 0 Å². The fraction of sp³-hybridized carbons (Fsp3) is 0.278. The number of ketones is 1. The van der Waals surface area contributed by atoms with Gasteiger partial charge in [0.15, 0.2) is 5.78 Å². The van der Waals surface area contributed by atoms with Gasteiger partial charge in [0.25, 0.3) is 0 Å². The molecule has 0 aliphatic carbocycles. The Hall–Kier alpha value is -1.20. The van der Waals surface area contributed by atoms with Crippen molar-refractivity contribution in [1.29, 1.82) is 0 Å². The highest BCUT2D eigenvalue weighted by molar-refractivity contribution is 14.1. The minimum absolute atomic E-state index is 0.222. The summed E-state index contributed by atoms with van der Waals surface area (Å²) in [7, 11) is 0. The normalized spacial score (nSPS) is 18.8. The summed E-state index contributed by atoms with van der Waals surface area (Å²) in [6.45, 7) is 2.53. The minimum atomic E-state index is 0.222. The van der Waals surface area contributed by atoms with E-state index in [0.29, 0.717) is 12.5 Å². The van der Waals surface area contributed by atoms with Gasteiger partial charge >= 0.3 is 0 Å². The van der Waals surface area contributed by atoms with Crippen molar-refractivity contribution >= 4 is 28.4 Å². The van der Waals surface area contributed by atoms with Gasteiger partial charge in [-0.3, -0.25) is 9.69 Å². The molecule has 1 heterocycles. The number of hydrogen-bond acceptors (Lipinski definition) is 2. The quantitative estimate of drug-likeness (QED) is 0.581. The maximum atomic E-state index is 12.3. The Morgan fingerprint density at radius 2 is 1.81 bits per heavy atom. The number of carbonyl (C=O) groups excluding carboxylic acids is 1. The van der Waals surface area contributed by atoms with Gasteiger partial charge in [-0.05, 0) is 59.2 Å². The first-order valence-electron chi connectivity index (χ1n) is 7.28. The van der Waals surface area contributed by atoms with Crippen LogP contribution in [0.25, 0.3) is 0 Å². The van der Waals surface area contributed by atoms with Crippen molar-refractivity contribution in [3.63, 3.8) is 0 Å². The van der Waals surface area contributed by atoms with E-state index >= 15 is 0 Å². The van der Waals surface area contributed by atoms with Gasteiger partial charge in [0.05, 0.1) is 6.54 Å². The standard InChI is InChI=1S/C18H18INO/c19-17-8-6-15(7-9-17)18(21)13-20-11-10-16(12-20)14-4-2-1-3-5-14/h1-9,16H,10-13H2. The van der Waals surface area contributed by atoms with Gasteiger partial charge in [0.2, 0.25) is 0 Å². The van der Waals surface area contributed by atoms with Crippen molar-refractivity contribution in [2.24, 2.45) is 0 Å². The summed E-state index contributed by atoms with van der Waals surface area (Å²) >= 11 is 2.26. The van der Waals surface area contributed by atoms with E-state index in [1.807, 2.05) is 24.3 Å². The lowest BCUT2D eigenvalue weighted by Gasteiger charge is -2.15. The Bertz CT molecular complexity index is 609. The number of rotatable bonds is 4. The van der Waals surface area contributed by atoms with E-state index in [4.69, 9.17) is 0 Å². The zero-order chi connectivity index (χ0) is 14.7. The smallest absolute Gasteiger partial charge is 0.176 e. The molecule has 1 fully saturated rings. The molecule has 0 bridgehead atoms. The molecule has 0 N–H and O–H groups in total. The van der Waals surface area contributed by atoms with Crippen molar-refractivity contribution < 1.29 is 4.79 Å². The van der Waals surface area contributed by atoms with E-state index in [2.05, 4.69) is 57.8 Å². The maximum absolute atomic E-state index is 12.3. The second kappa shape index (κ2) is 6.71. The number of Topliss-reactive ketones (excluding diaryl/α,β-unsaturated/α-hetero) is 1. The fourth-order valence-corrected chi connectivity index (χ4v) is 3.26. The van der Waals surface area contributed by atoms with Crippen LogP contribution < -0.4 is 0 Å². The lowest BCUT2D eigenvalue weighted by Crippen LogP contribution is -2.27. The van der Waals surface area contributed by atoms with Gasteiger partial charge < -0.3 is 0 Å². The van der Waals surface area contributed by atoms with Crippen LogP contribution in [-0.2, 0) is 0 Å². The average molecular weight is 391 g/mol. The third-order valence-electron chi connectivity index (χ3n) is 4.08. The van der Waals surface area contributed by atoms with E-state index in [1.54, 1.807) is 0 Å². The Balaban J connectivity index is 1.60. The topological polar surface area (TPSA) is 20.3 Å². The molecule has 1 unspecified atom stereocenters. The van der Waals surface area contributed by atoms with Gasteiger partial charge in [0, 0.05) is 15.7 Å². The molecular formula is C18H18INO. The summed E-state index contributed by atoms with van der Waals surface area (Å²) < 4.78 is 1.16. The molecule has 0 amide bonds. The Morgan fingerprint density at radius 1 is 1.10 bits per heavy atom. The summed E-state index contributed by atoms with van der Waals surface area (Å²) in [5.74, 6) is 0.788. The number of nitrogens with zero attached hydrogens (tertiary/aromatic N) is 1. The Kier molecular flexibility index (Phi) is 4.70. The summed E-state index contributed by atoms with van der Waals surface area (Å²) in [6.07, 6.45) is 1.14. The molecule has 21 heavy (non-hydrogen) atoms. The van der Waals surface area contributed by atoms with E-state index in [1.165, 1.54) is 5.56 Å². The molecule has 0 spiro atoms. The number of halogens is 1. The number of hydrogen-bond donors (Lipinski definition) is 0. The molecule has 0 radical (unpaired) electrons. The zero-order valence-electron chi connectivity index (χ0n) is 11.8. The predicted molar refractivity (Wildman–Crippen MR) is 93.7 cm³/mol. The van der Waals surface area contributed by atoms with Crippen LogP contribution in [0.5, 0.6) is 0 Å². The SMILES string of the molecule is O=C(CN1CCC(c2ccccc2)C1)c1ccc(I)cc1. The highest BCUT2D eigenvalue weighted by Gasteiger charge is 2.25. The second-order valence-corrected chi connectivity index (χ2v) is 6.81. The van der Waals surface area contributed by atoms with Crippen LogP contribution in [-0.4, -0.2) is 30.3 Å². The number of benzene rings is 2. The highest BCUT2D eigenvalue weighted by Crippen LogP contribution is 2.26. The van der Waals surface area contributed by atoms with E-state index < -0.39 is 0 Å². The van der Waals surface area contributed by atoms with E-state index in [0.717, 1.165) is 28.6 Å². The number of likely N-dealkylation sites (tertiary alicyclic amines) is 1. The molecule has 3 heteroatoms. The van der Waals surface area contributed by atoms with Gasteiger partial charge in [0.1, 0.15) is 0 Å². The molecule has 1 atom stereocenters. The van der Waals surface area contributed by atoms with Crippen molar-refractivity contribution in [2.75, 3.05) is 19.6 Å². The largest absolute Gasteiger partial charge is 0.295 e. The zero-order valence-corrected chi connectivity index (χ0v) is 14.0. The summed E-state index contributed by atoms with van der Waals surface area (Å²) in [4.78, 5) is 14.6. The summed E-state index contributed by atoms with van der Waals surface area (Å²) in [5.41, 5.74) is 2.21. The third-order valence-corrected chi connectivity index (χ3v) is 4.80. The first-order chi connectivity index (χ1) is 10.2. The predicted octanol–water partition coefficient (Wildman–Crippen LogP) is 3.96. The minimum Gasteiger partial charge on any atom is -0.295 e.